The number of hydrogen-bond acceptors (Lipinski definition) is 2. The molecule has 5 heteroatoms. The number of benzene rings is 1. The summed E-state index contributed by atoms with van der Waals surface area (Å²) >= 11 is 0. The van der Waals surface area contributed by atoms with Gasteiger partial charge in [-0.25, -0.2) is 4.39 Å². The zero-order valence-electron chi connectivity index (χ0n) is 11.1. The Bertz CT molecular complexity index is 504. The van der Waals surface area contributed by atoms with Gasteiger partial charge >= 0.3 is 5.97 Å². The molecule has 1 fully saturated rings. The summed E-state index contributed by atoms with van der Waals surface area (Å²) in [7, 11) is 0. The number of aliphatic carboxylic acids is 1. The summed E-state index contributed by atoms with van der Waals surface area (Å²) in [5.74, 6) is -1.79. The lowest BCUT2D eigenvalue weighted by molar-refractivity contribution is -0.141. The summed E-state index contributed by atoms with van der Waals surface area (Å²) in [6, 6.07) is 6.28. The van der Waals surface area contributed by atoms with Crippen LogP contribution in [0.15, 0.2) is 24.3 Å². The van der Waals surface area contributed by atoms with E-state index in [-0.39, 0.29) is 17.6 Å². The van der Waals surface area contributed by atoms with Crippen LogP contribution in [0.2, 0.25) is 0 Å². The van der Waals surface area contributed by atoms with Crippen molar-refractivity contribution in [2.75, 3.05) is 6.54 Å². The molecule has 1 amide bonds. The van der Waals surface area contributed by atoms with Crippen LogP contribution >= 0.6 is 0 Å². The standard InChI is InChI=1S/C15H18FNO3/c16-13-3-1-2-10(8-13)6-7-17-14(18)11-4-5-12(9-11)15(19)20/h1-3,8,11-12H,4-7,9H2,(H,17,18)(H,19,20). The highest BCUT2D eigenvalue weighted by Gasteiger charge is 2.33. The topological polar surface area (TPSA) is 66.4 Å². The van der Waals surface area contributed by atoms with Crippen LogP contribution in [0.5, 0.6) is 0 Å². The first-order valence-electron chi connectivity index (χ1n) is 6.81. The molecule has 1 aliphatic rings. The number of carboxylic acids is 1. The Morgan fingerprint density at radius 2 is 2.05 bits per heavy atom. The van der Waals surface area contributed by atoms with E-state index in [4.69, 9.17) is 5.11 Å². The maximum atomic E-state index is 13.0. The lowest BCUT2D eigenvalue weighted by Crippen LogP contribution is -2.31. The third-order valence-corrected chi connectivity index (χ3v) is 3.75. The minimum absolute atomic E-state index is 0.0925. The van der Waals surface area contributed by atoms with Crippen molar-refractivity contribution in [3.05, 3.63) is 35.6 Å². The first-order chi connectivity index (χ1) is 9.56. The van der Waals surface area contributed by atoms with Crippen molar-refractivity contribution < 1.29 is 19.1 Å². The predicted molar refractivity (Wildman–Crippen MR) is 71.6 cm³/mol. The SMILES string of the molecule is O=C(O)C1CCC(C(=O)NCCc2cccc(F)c2)C1. The zero-order chi connectivity index (χ0) is 14.5. The lowest BCUT2D eigenvalue weighted by Gasteiger charge is -2.10. The zero-order valence-corrected chi connectivity index (χ0v) is 11.1. The molecule has 4 nitrogen and oxygen atoms in total. The first-order valence-corrected chi connectivity index (χ1v) is 6.81. The third kappa shape index (κ3) is 3.79. The monoisotopic (exact) mass is 279 g/mol. The second kappa shape index (κ2) is 6.50. The Balaban J connectivity index is 1.75. The van der Waals surface area contributed by atoms with Gasteiger partial charge in [0.1, 0.15) is 5.82 Å². The van der Waals surface area contributed by atoms with Crippen molar-refractivity contribution in [1.82, 2.24) is 5.32 Å². The van der Waals surface area contributed by atoms with Crippen LogP contribution in [-0.4, -0.2) is 23.5 Å². The van der Waals surface area contributed by atoms with Gasteiger partial charge in [-0.3, -0.25) is 9.59 Å². The minimum Gasteiger partial charge on any atom is -0.481 e. The fourth-order valence-corrected chi connectivity index (χ4v) is 2.61. The average Bonchev–Trinajstić information content (AvgIpc) is 2.88. The number of halogens is 1. The van der Waals surface area contributed by atoms with Gasteiger partial charge in [0, 0.05) is 12.5 Å². The number of nitrogens with one attached hydrogen (secondary N) is 1. The summed E-state index contributed by atoms with van der Waals surface area (Å²) in [6.45, 7) is 0.441. The maximum Gasteiger partial charge on any atom is 0.306 e. The lowest BCUT2D eigenvalue weighted by atomic mass is 10.0. The second-order valence-corrected chi connectivity index (χ2v) is 5.22. The average molecular weight is 279 g/mol. The van der Waals surface area contributed by atoms with Gasteiger partial charge in [-0.05, 0) is 43.4 Å². The van der Waals surface area contributed by atoms with Crippen molar-refractivity contribution in [2.24, 2.45) is 11.8 Å². The highest BCUT2D eigenvalue weighted by Crippen LogP contribution is 2.31. The molecule has 1 aliphatic carbocycles. The van der Waals surface area contributed by atoms with E-state index in [0.29, 0.717) is 32.2 Å². The Hall–Kier alpha value is -1.91. The van der Waals surface area contributed by atoms with Crippen LogP contribution in [-0.2, 0) is 16.0 Å². The molecule has 0 aliphatic heterocycles. The number of carboxylic acid groups (broad SMARTS) is 1. The quantitative estimate of drug-likeness (QED) is 0.866. The van der Waals surface area contributed by atoms with Crippen LogP contribution in [0, 0.1) is 17.7 Å². The Morgan fingerprint density at radius 3 is 2.70 bits per heavy atom. The molecule has 2 rings (SSSR count). The minimum atomic E-state index is -0.819. The van der Waals surface area contributed by atoms with E-state index in [9.17, 15) is 14.0 Å². The van der Waals surface area contributed by atoms with Gasteiger partial charge < -0.3 is 10.4 Å². The predicted octanol–water partition coefficient (Wildman–Crippen LogP) is 1.99. The molecule has 2 unspecified atom stereocenters. The summed E-state index contributed by atoms with van der Waals surface area (Å²) in [4.78, 5) is 22.7. The van der Waals surface area contributed by atoms with E-state index in [1.165, 1.54) is 12.1 Å². The fourth-order valence-electron chi connectivity index (χ4n) is 2.61. The molecule has 1 aromatic rings. The van der Waals surface area contributed by atoms with Crippen molar-refractivity contribution in [2.45, 2.75) is 25.7 Å². The smallest absolute Gasteiger partial charge is 0.306 e. The van der Waals surface area contributed by atoms with Crippen LogP contribution in [0.4, 0.5) is 4.39 Å². The van der Waals surface area contributed by atoms with Crippen molar-refractivity contribution in [3.8, 4) is 0 Å². The summed E-state index contributed by atoms with van der Waals surface area (Å²) in [5, 5.41) is 11.7. The molecular weight excluding hydrogens is 261 g/mol. The number of hydrogen-bond donors (Lipinski definition) is 2. The van der Waals surface area contributed by atoms with Crippen LogP contribution in [0.1, 0.15) is 24.8 Å². The molecule has 0 aromatic heterocycles. The number of rotatable bonds is 5. The van der Waals surface area contributed by atoms with Crippen LogP contribution < -0.4 is 5.32 Å². The number of carbonyl (C=O) groups excluding carboxylic acids is 1. The van der Waals surface area contributed by atoms with E-state index in [0.717, 1.165) is 5.56 Å². The van der Waals surface area contributed by atoms with E-state index in [2.05, 4.69) is 5.32 Å². The summed E-state index contributed by atoms with van der Waals surface area (Å²) in [6.07, 6.45) is 2.18. The van der Waals surface area contributed by atoms with Gasteiger partial charge in [-0.2, -0.15) is 0 Å². The van der Waals surface area contributed by atoms with E-state index in [1.807, 2.05) is 6.07 Å². The third-order valence-electron chi connectivity index (χ3n) is 3.75. The molecule has 2 N–H and O–H groups in total. The van der Waals surface area contributed by atoms with Gasteiger partial charge in [-0.15, -0.1) is 0 Å². The Labute approximate surface area is 117 Å². The molecule has 1 aromatic carbocycles. The molecule has 1 saturated carbocycles. The molecule has 2 atom stereocenters. The van der Waals surface area contributed by atoms with E-state index in [1.54, 1.807) is 6.07 Å². The Kier molecular flexibility index (Phi) is 4.71. The molecule has 0 saturated heterocycles. The molecule has 108 valence electrons. The number of amides is 1. The molecule has 0 heterocycles. The molecule has 0 spiro atoms. The molecule has 20 heavy (non-hydrogen) atoms. The van der Waals surface area contributed by atoms with Gasteiger partial charge in [0.15, 0.2) is 0 Å². The largest absolute Gasteiger partial charge is 0.481 e. The first kappa shape index (κ1) is 14.5. The molecule has 0 bridgehead atoms. The van der Waals surface area contributed by atoms with Gasteiger partial charge in [0.25, 0.3) is 0 Å². The van der Waals surface area contributed by atoms with Gasteiger partial charge in [0.05, 0.1) is 5.92 Å². The van der Waals surface area contributed by atoms with Gasteiger partial charge in [-0.1, -0.05) is 12.1 Å². The maximum absolute atomic E-state index is 13.0. The summed E-state index contributed by atoms with van der Waals surface area (Å²) in [5.41, 5.74) is 0.833. The van der Waals surface area contributed by atoms with Crippen molar-refractivity contribution in [3.63, 3.8) is 0 Å². The molecular formula is C15H18FNO3. The summed E-state index contributed by atoms with van der Waals surface area (Å²) < 4.78 is 13.0. The number of carbonyl (C=O) groups is 2. The second-order valence-electron chi connectivity index (χ2n) is 5.22. The molecule has 0 radical (unpaired) electrons. The van der Waals surface area contributed by atoms with E-state index < -0.39 is 11.9 Å². The van der Waals surface area contributed by atoms with Gasteiger partial charge in [0.2, 0.25) is 5.91 Å². The highest BCUT2D eigenvalue weighted by atomic mass is 19.1. The van der Waals surface area contributed by atoms with Crippen LogP contribution in [0.25, 0.3) is 0 Å². The van der Waals surface area contributed by atoms with Crippen molar-refractivity contribution in [1.29, 1.82) is 0 Å². The van der Waals surface area contributed by atoms with Crippen molar-refractivity contribution >= 4 is 11.9 Å². The normalized spacial score (nSPS) is 21.6. The van der Waals surface area contributed by atoms with E-state index >= 15 is 0 Å². The highest BCUT2D eigenvalue weighted by molar-refractivity contribution is 5.80. The fraction of sp³-hybridized carbons (Fsp3) is 0.467. The van der Waals surface area contributed by atoms with Crippen LogP contribution in [0.3, 0.4) is 0 Å². The Morgan fingerprint density at radius 1 is 1.30 bits per heavy atom.